The molecule has 15 heteroatoms. The molecule has 8 rings (SSSR count). The van der Waals surface area contributed by atoms with Gasteiger partial charge in [0.25, 0.3) is 11.8 Å². The van der Waals surface area contributed by atoms with Gasteiger partial charge in [-0.2, -0.15) is 0 Å². The highest BCUT2D eigenvalue weighted by atomic mass is 16.5. The molecule has 2 atom stereocenters. The Balaban J connectivity index is 0.791. The van der Waals surface area contributed by atoms with Crippen LogP contribution in [0.2, 0.25) is 0 Å². The van der Waals surface area contributed by atoms with Crippen LogP contribution >= 0.6 is 0 Å². The molecule has 2 aromatic carbocycles. The topological polar surface area (TPSA) is 192 Å². The van der Waals surface area contributed by atoms with Gasteiger partial charge in [0.15, 0.2) is 11.6 Å². The van der Waals surface area contributed by atoms with Crippen molar-refractivity contribution in [2.24, 2.45) is 17.8 Å². The predicted molar refractivity (Wildman–Crippen MR) is 201 cm³/mol. The zero-order chi connectivity index (χ0) is 38.2. The van der Waals surface area contributed by atoms with E-state index >= 15 is 0 Å². The molecule has 5 aliphatic rings. The summed E-state index contributed by atoms with van der Waals surface area (Å²) in [4.78, 5) is 71.9. The molecule has 0 radical (unpaired) electrons. The number of nitrogens with one attached hydrogen (secondary N) is 1. The molecular weight excluding hydrogens is 704 g/mol. The average Bonchev–Trinajstić information content (AvgIpc) is 3.39. The summed E-state index contributed by atoms with van der Waals surface area (Å²) in [5, 5.41) is 20.6. The molecule has 1 aliphatic carbocycles. The van der Waals surface area contributed by atoms with Gasteiger partial charge < -0.3 is 25.4 Å². The number of aromatic hydroxyl groups is 1. The predicted octanol–water partition coefficient (Wildman–Crippen LogP) is 2.69. The standard InChI is InChI=1S/C40H46N8O7/c41-36-34(20-31(43-44-36)29-7-1-2-9-33(29)49)55-18-4-8-27(25-5-3-6-25)38(52)46-16-14-45(15-17-46)21-24-22-47(23-24)26-10-11-28-30(19-26)40(54)48(39(28)53)32-12-13-35(50)42-37(32)51/h1-2,7,9-11,19-20,24-25,27,32,49H,3-6,8,12-18,21-23H2,(H2,41,44)(H,42,50,51). The van der Waals surface area contributed by atoms with Crippen LogP contribution in [0, 0.1) is 17.8 Å². The smallest absolute Gasteiger partial charge is 0.262 e. The lowest BCUT2D eigenvalue weighted by molar-refractivity contribution is -0.141. The van der Waals surface area contributed by atoms with E-state index in [1.54, 1.807) is 36.4 Å². The lowest BCUT2D eigenvalue weighted by Crippen LogP contribution is -2.56. The first kappa shape index (κ1) is 36.4. The number of carbonyl (C=O) groups excluding carboxylic acids is 5. The zero-order valence-corrected chi connectivity index (χ0v) is 30.7. The summed E-state index contributed by atoms with van der Waals surface area (Å²) in [7, 11) is 0. The van der Waals surface area contributed by atoms with Gasteiger partial charge in [-0.1, -0.05) is 18.6 Å². The third kappa shape index (κ3) is 7.32. The molecule has 5 heterocycles. The van der Waals surface area contributed by atoms with Crippen molar-refractivity contribution in [3.05, 3.63) is 59.7 Å². The third-order valence-corrected chi connectivity index (χ3v) is 11.9. The normalized spacial score (nSPS) is 21.2. The summed E-state index contributed by atoms with van der Waals surface area (Å²) in [5.41, 5.74) is 8.50. The van der Waals surface area contributed by atoms with Gasteiger partial charge in [0, 0.05) is 81.4 Å². The molecule has 5 amide bonds. The van der Waals surface area contributed by atoms with E-state index in [-0.39, 0.29) is 41.8 Å². The van der Waals surface area contributed by atoms with Crippen LogP contribution in [-0.4, -0.2) is 118 Å². The lowest BCUT2D eigenvalue weighted by Gasteiger charge is -2.45. The maximum atomic E-state index is 13.9. The van der Waals surface area contributed by atoms with Gasteiger partial charge in [0.2, 0.25) is 17.7 Å². The second-order valence-electron chi connectivity index (χ2n) is 15.4. The van der Waals surface area contributed by atoms with Crippen molar-refractivity contribution in [3.63, 3.8) is 0 Å². The van der Waals surface area contributed by atoms with Crippen LogP contribution in [0.4, 0.5) is 11.5 Å². The molecule has 1 saturated carbocycles. The van der Waals surface area contributed by atoms with Gasteiger partial charge in [-0.25, -0.2) is 0 Å². The summed E-state index contributed by atoms with van der Waals surface area (Å²) in [6.45, 7) is 6.00. The fourth-order valence-electron chi connectivity index (χ4n) is 8.51. The van der Waals surface area contributed by atoms with Gasteiger partial charge in [-0.3, -0.25) is 39.1 Å². The number of anilines is 2. The Morgan fingerprint density at radius 3 is 2.42 bits per heavy atom. The molecule has 2 unspecified atom stereocenters. The Kier molecular flexibility index (Phi) is 10.1. The van der Waals surface area contributed by atoms with E-state index in [1.807, 2.05) is 17.0 Å². The zero-order valence-electron chi connectivity index (χ0n) is 30.7. The van der Waals surface area contributed by atoms with Gasteiger partial charge >= 0.3 is 0 Å². The van der Waals surface area contributed by atoms with Gasteiger partial charge in [0.1, 0.15) is 17.5 Å². The number of carbonyl (C=O) groups is 5. The van der Waals surface area contributed by atoms with Crippen molar-refractivity contribution < 1.29 is 33.8 Å². The first-order chi connectivity index (χ1) is 26.6. The minimum atomic E-state index is -0.981. The Labute approximate surface area is 318 Å². The number of piperidine rings is 1. The SMILES string of the molecule is Nc1nnc(-c2ccccc2O)cc1OCCCC(C(=O)N1CCN(CC2CN(c3ccc4c(c3)C(=O)N(C3CCC(=O)NC3=O)C4=O)C2)CC1)C1CCC1. The van der Waals surface area contributed by atoms with Crippen LogP contribution in [0.5, 0.6) is 11.5 Å². The number of rotatable bonds is 12. The highest BCUT2D eigenvalue weighted by molar-refractivity contribution is 6.23. The Bertz CT molecular complexity index is 2010. The van der Waals surface area contributed by atoms with E-state index in [0.717, 1.165) is 69.0 Å². The highest BCUT2D eigenvalue weighted by Crippen LogP contribution is 2.38. The van der Waals surface area contributed by atoms with E-state index in [1.165, 1.54) is 0 Å². The fraction of sp³-hybridized carbons (Fsp3) is 0.475. The molecule has 288 valence electrons. The van der Waals surface area contributed by atoms with Crippen molar-refractivity contribution >= 4 is 41.0 Å². The third-order valence-electron chi connectivity index (χ3n) is 11.9. The lowest BCUT2D eigenvalue weighted by atomic mass is 9.73. The molecule has 15 nitrogen and oxygen atoms in total. The number of hydrogen-bond donors (Lipinski definition) is 3. The molecule has 1 aromatic heterocycles. The number of ether oxygens (including phenoxy) is 1. The van der Waals surface area contributed by atoms with E-state index in [2.05, 4.69) is 25.3 Å². The molecule has 3 saturated heterocycles. The molecule has 4 aliphatic heterocycles. The molecule has 4 N–H and O–H groups in total. The second kappa shape index (κ2) is 15.3. The van der Waals surface area contributed by atoms with E-state index in [4.69, 9.17) is 10.5 Å². The highest BCUT2D eigenvalue weighted by Gasteiger charge is 2.45. The number of phenols is 1. The van der Waals surface area contributed by atoms with Gasteiger partial charge in [0.05, 0.1) is 17.7 Å². The minimum absolute atomic E-state index is 0.0283. The van der Waals surface area contributed by atoms with E-state index < -0.39 is 29.7 Å². The number of fused-ring (bicyclic) bond motifs is 1. The van der Waals surface area contributed by atoms with Crippen LogP contribution < -0.4 is 20.7 Å². The summed E-state index contributed by atoms with van der Waals surface area (Å²) < 4.78 is 6.01. The fourth-order valence-corrected chi connectivity index (χ4v) is 8.51. The number of nitrogen functional groups attached to an aromatic ring is 1. The minimum Gasteiger partial charge on any atom is -0.507 e. The van der Waals surface area contributed by atoms with Crippen molar-refractivity contribution in [3.8, 4) is 22.8 Å². The summed E-state index contributed by atoms with van der Waals surface area (Å²) in [6.07, 6.45) is 4.96. The number of hydrogen-bond acceptors (Lipinski definition) is 12. The number of para-hydroxylation sites is 1. The number of imide groups is 2. The monoisotopic (exact) mass is 750 g/mol. The second-order valence-corrected chi connectivity index (χ2v) is 15.4. The Morgan fingerprint density at radius 2 is 1.69 bits per heavy atom. The van der Waals surface area contributed by atoms with Crippen molar-refractivity contribution in [2.75, 3.05) is 63.1 Å². The van der Waals surface area contributed by atoms with E-state index in [0.29, 0.717) is 60.5 Å². The van der Waals surface area contributed by atoms with Gasteiger partial charge in [-0.15, -0.1) is 10.2 Å². The molecular formula is C40H46N8O7. The maximum absolute atomic E-state index is 13.9. The van der Waals surface area contributed by atoms with Crippen LogP contribution in [0.15, 0.2) is 48.5 Å². The molecule has 55 heavy (non-hydrogen) atoms. The number of nitrogens with zero attached hydrogens (tertiary/aromatic N) is 6. The number of aromatic nitrogens is 2. The number of phenolic OH excluding ortho intramolecular Hbond substituents is 1. The first-order valence-electron chi connectivity index (χ1n) is 19.3. The van der Waals surface area contributed by atoms with E-state index in [9.17, 15) is 29.1 Å². The molecule has 4 fully saturated rings. The van der Waals surface area contributed by atoms with Crippen molar-refractivity contribution in [2.45, 2.75) is 51.0 Å². The van der Waals surface area contributed by atoms with Crippen molar-refractivity contribution in [1.82, 2.24) is 30.2 Å². The maximum Gasteiger partial charge on any atom is 0.262 e. The van der Waals surface area contributed by atoms with Crippen LogP contribution in [-0.2, 0) is 14.4 Å². The number of nitrogens with two attached hydrogens (primary N) is 1. The Hall–Kier alpha value is -5.57. The molecule has 3 aromatic rings. The van der Waals surface area contributed by atoms with Crippen LogP contribution in [0.25, 0.3) is 11.3 Å². The van der Waals surface area contributed by atoms with Gasteiger partial charge in [-0.05, 0) is 68.4 Å². The number of piperazine rings is 1. The summed E-state index contributed by atoms with van der Waals surface area (Å²) in [6, 6.07) is 12.8. The quantitative estimate of drug-likeness (QED) is 0.182. The summed E-state index contributed by atoms with van der Waals surface area (Å²) >= 11 is 0. The molecule has 0 spiro atoms. The largest absolute Gasteiger partial charge is 0.507 e. The van der Waals surface area contributed by atoms with Crippen LogP contribution in [0.1, 0.15) is 65.7 Å². The molecule has 0 bridgehead atoms. The first-order valence-corrected chi connectivity index (χ1v) is 19.3. The summed E-state index contributed by atoms with van der Waals surface area (Å²) in [5.74, 6) is -0.280. The van der Waals surface area contributed by atoms with Crippen LogP contribution in [0.3, 0.4) is 0 Å². The Morgan fingerprint density at radius 1 is 0.927 bits per heavy atom. The number of benzene rings is 2. The number of amides is 5. The van der Waals surface area contributed by atoms with Crippen molar-refractivity contribution in [1.29, 1.82) is 0 Å². The average molecular weight is 751 g/mol.